The second kappa shape index (κ2) is 13.8. The lowest BCUT2D eigenvalue weighted by atomic mass is 10.1. The molecule has 3 aromatic rings. The van der Waals surface area contributed by atoms with Crippen molar-refractivity contribution in [2.45, 2.75) is 31.0 Å². The number of carboxylic acids is 1. The van der Waals surface area contributed by atoms with Gasteiger partial charge in [0.2, 0.25) is 0 Å². The number of aliphatic carboxylic acids is 1. The molecule has 2 aliphatic rings. The molecule has 2 aliphatic heterocycles. The van der Waals surface area contributed by atoms with Gasteiger partial charge in [0.05, 0.1) is 19.5 Å². The van der Waals surface area contributed by atoms with Crippen molar-refractivity contribution in [3.63, 3.8) is 0 Å². The third-order valence-corrected chi connectivity index (χ3v) is 7.22. The van der Waals surface area contributed by atoms with Crippen LogP contribution in [-0.4, -0.2) is 111 Å². The zero-order valence-electron chi connectivity index (χ0n) is 22.7. The zero-order valence-corrected chi connectivity index (χ0v) is 23.5. The number of aromatic nitrogens is 4. The molecule has 4 heterocycles. The molecular formula is C25H29ClN10O7. The number of azide groups is 1. The fourth-order valence-corrected chi connectivity index (χ4v) is 5.02. The van der Waals surface area contributed by atoms with E-state index in [1.807, 2.05) is 0 Å². The highest BCUT2D eigenvalue weighted by Crippen LogP contribution is 2.34. The van der Waals surface area contributed by atoms with Crippen LogP contribution in [0.25, 0.3) is 21.6 Å². The van der Waals surface area contributed by atoms with Crippen LogP contribution in [0.5, 0.6) is 5.75 Å². The van der Waals surface area contributed by atoms with Crippen LogP contribution in [0.4, 0.5) is 5.82 Å². The Bertz CT molecular complexity index is 1510. The van der Waals surface area contributed by atoms with Crippen LogP contribution in [-0.2, 0) is 25.6 Å². The predicted molar refractivity (Wildman–Crippen MR) is 150 cm³/mol. The van der Waals surface area contributed by atoms with Crippen LogP contribution in [0, 0.1) is 0 Å². The summed E-state index contributed by atoms with van der Waals surface area (Å²) in [5.74, 6) is -0.869. The lowest BCUT2D eigenvalue weighted by molar-refractivity contribution is -0.152. The maximum absolute atomic E-state index is 12.4. The molecule has 17 nitrogen and oxygen atoms in total. The summed E-state index contributed by atoms with van der Waals surface area (Å²) < 4.78 is 18.0. The summed E-state index contributed by atoms with van der Waals surface area (Å²) in [6.45, 7) is 4.30. The minimum absolute atomic E-state index is 0.183. The number of carbonyl (C=O) groups excluding carboxylic acids is 1. The fraction of sp³-hybridized carbons (Fsp3) is 0.480. The number of carboxylic acid groups (broad SMARTS) is 1. The van der Waals surface area contributed by atoms with Gasteiger partial charge in [0.15, 0.2) is 35.9 Å². The lowest BCUT2D eigenvalue weighted by Crippen LogP contribution is -2.42. The van der Waals surface area contributed by atoms with Gasteiger partial charge in [0.1, 0.15) is 24.2 Å². The van der Waals surface area contributed by atoms with Gasteiger partial charge in [-0.25, -0.2) is 19.7 Å². The van der Waals surface area contributed by atoms with Gasteiger partial charge in [-0.1, -0.05) is 16.7 Å². The summed E-state index contributed by atoms with van der Waals surface area (Å²) in [5.41, 5.74) is 10.0. The first-order valence-corrected chi connectivity index (χ1v) is 13.7. The van der Waals surface area contributed by atoms with Gasteiger partial charge in [-0.2, -0.15) is 0 Å². The number of aliphatic hydroxyl groups excluding tert-OH is 1. The van der Waals surface area contributed by atoms with Gasteiger partial charge in [-0.15, -0.1) is 0 Å². The summed E-state index contributed by atoms with van der Waals surface area (Å²) in [5, 5.41) is 30.0. The second-order valence-corrected chi connectivity index (χ2v) is 10.2. The van der Waals surface area contributed by atoms with Crippen LogP contribution < -0.4 is 15.4 Å². The Morgan fingerprint density at radius 2 is 2.07 bits per heavy atom. The highest BCUT2D eigenvalue weighted by molar-refractivity contribution is 6.30. The van der Waals surface area contributed by atoms with E-state index in [1.165, 1.54) is 17.2 Å². The van der Waals surface area contributed by atoms with Crippen LogP contribution in [0.15, 0.2) is 36.0 Å². The number of aliphatic hydroxyl groups is 1. The molecule has 1 amide bonds. The number of hydrogen-bond acceptors (Lipinski definition) is 12. The molecule has 0 aliphatic carbocycles. The summed E-state index contributed by atoms with van der Waals surface area (Å²) >= 11 is 6.23. The highest BCUT2D eigenvalue weighted by atomic mass is 35.5. The first-order chi connectivity index (χ1) is 20.9. The van der Waals surface area contributed by atoms with Crippen molar-refractivity contribution in [1.82, 2.24) is 29.7 Å². The molecular weight excluding hydrogens is 588 g/mol. The van der Waals surface area contributed by atoms with Crippen LogP contribution in [0.3, 0.4) is 0 Å². The summed E-state index contributed by atoms with van der Waals surface area (Å²) in [6.07, 6.45) is -1.66. The van der Waals surface area contributed by atoms with Crippen molar-refractivity contribution >= 4 is 40.5 Å². The number of fused-ring (bicyclic) bond motifs is 1. The predicted octanol–water partition coefficient (Wildman–Crippen LogP) is 0.941. The number of hydrogen-bond donors (Lipinski definition) is 4. The highest BCUT2D eigenvalue weighted by Gasteiger charge is 2.48. The summed E-state index contributed by atoms with van der Waals surface area (Å²) in [4.78, 5) is 41.6. The van der Waals surface area contributed by atoms with Gasteiger partial charge in [0, 0.05) is 48.2 Å². The van der Waals surface area contributed by atoms with Crippen molar-refractivity contribution < 1.29 is 34.0 Å². The molecule has 0 radical (unpaired) electrons. The first kappa shape index (κ1) is 30.2. The third-order valence-electron chi connectivity index (χ3n) is 6.98. The second-order valence-electron chi connectivity index (χ2n) is 9.72. The number of imidazole rings is 1. The average molecular weight is 617 g/mol. The molecule has 2 saturated heterocycles. The molecule has 2 fully saturated rings. The quantitative estimate of drug-likeness (QED) is 0.127. The Kier molecular flexibility index (Phi) is 9.71. The number of amides is 1. The van der Waals surface area contributed by atoms with Gasteiger partial charge in [-0.05, 0) is 23.7 Å². The summed E-state index contributed by atoms with van der Waals surface area (Å²) in [7, 11) is 0. The molecule has 0 bridgehead atoms. The zero-order chi connectivity index (χ0) is 30.3. The molecule has 43 heavy (non-hydrogen) atoms. The van der Waals surface area contributed by atoms with Crippen molar-refractivity contribution in [2.24, 2.45) is 5.11 Å². The molecule has 228 valence electrons. The van der Waals surface area contributed by atoms with Crippen LogP contribution in [0.2, 0.25) is 5.02 Å². The van der Waals surface area contributed by atoms with E-state index in [0.717, 1.165) is 19.6 Å². The molecule has 4 atom stereocenters. The van der Waals surface area contributed by atoms with Crippen molar-refractivity contribution in [1.29, 1.82) is 0 Å². The normalized spacial score (nSPS) is 22.2. The van der Waals surface area contributed by atoms with Crippen molar-refractivity contribution in [2.75, 3.05) is 51.3 Å². The van der Waals surface area contributed by atoms with E-state index in [0.29, 0.717) is 47.4 Å². The van der Waals surface area contributed by atoms with E-state index in [-0.39, 0.29) is 24.7 Å². The minimum Gasteiger partial charge on any atom is -0.483 e. The Hall–Kier alpha value is -4.25. The molecule has 0 unspecified atom stereocenters. The maximum atomic E-state index is 12.4. The number of nitrogens with one attached hydrogen (secondary N) is 2. The largest absolute Gasteiger partial charge is 0.483 e. The molecule has 0 spiro atoms. The Balaban J connectivity index is 1.24. The smallest absolute Gasteiger partial charge is 0.333 e. The number of benzene rings is 1. The van der Waals surface area contributed by atoms with Gasteiger partial charge < -0.3 is 35.1 Å². The number of rotatable bonds is 12. The number of morpholine rings is 1. The van der Waals surface area contributed by atoms with E-state index in [9.17, 15) is 19.8 Å². The van der Waals surface area contributed by atoms with Crippen molar-refractivity contribution in [3.05, 3.63) is 51.9 Å². The summed E-state index contributed by atoms with van der Waals surface area (Å²) in [6, 6.07) is 3.67. The van der Waals surface area contributed by atoms with E-state index in [4.69, 9.17) is 31.3 Å². The number of carbonyl (C=O) groups is 2. The number of anilines is 1. The maximum Gasteiger partial charge on any atom is 0.333 e. The van der Waals surface area contributed by atoms with Gasteiger partial charge in [-0.3, -0.25) is 14.3 Å². The molecule has 0 saturated carbocycles. The van der Waals surface area contributed by atoms with E-state index < -0.39 is 30.4 Å². The van der Waals surface area contributed by atoms with Crippen LogP contribution in [0.1, 0.15) is 11.8 Å². The number of ether oxygens (including phenoxy) is 3. The molecule has 1 aromatic carbocycles. The topological polar surface area (TPSA) is 222 Å². The van der Waals surface area contributed by atoms with Crippen LogP contribution >= 0.6 is 11.6 Å². The first-order valence-electron chi connectivity index (χ1n) is 13.4. The third kappa shape index (κ3) is 7.05. The van der Waals surface area contributed by atoms with E-state index in [1.54, 1.807) is 18.2 Å². The molecule has 18 heteroatoms. The minimum atomic E-state index is -1.55. The van der Waals surface area contributed by atoms with Gasteiger partial charge >= 0.3 is 5.97 Å². The Labute approximate surface area is 249 Å². The van der Waals surface area contributed by atoms with Crippen molar-refractivity contribution in [3.8, 4) is 5.75 Å². The number of nitrogens with zero attached hydrogens (tertiary/aromatic N) is 8. The Morgan fingerprint density at radius 3 is 2.84 bits per heavy atom. The molecule has 2 aromatic heterocycles. The van der Waals surface area contributed by atoms with E-state index in [2.05, 4.69) is 40.5 Å². The monoisotopic (exact) mass is 616 g/mol. The lowest BCUT2D eigenvalue weighted by Gasteiger charge is -2.26. The SMILES string of the molecule is [N-]=[N+]=N[C@H]1[C@@H](O)[C@H](n2cnc3c(NCc4cc(Cl)ccc4OCC(=O)NCCN4CCOCC4)ncnc32)O[C@@H]1C(=O)O. The Morgan fingerprint density at radius 1 is 1.26 bits per heavy atom. The van der Waals surface area contributed by atoms with E-state index >= 15 is 0 Å². The average Bonchev–Trinajstić information content (AvgIpc) is 3.57. The molecule has 5 rings (SSSR count). The fourth-order valence-electron chi connectivity index (χ4n) is 4.83. The number of halogens is 1. The van der Waals surface area contributed by atoms with Gasteiger partial charge in [0.25, 0.3) is 5.91 Å². The standard InChI is InChI=1S/C25H29ClN10O7/c26-15-1-2-16(42-11-17(37)28-3-4-35-5-7-41-8-6-35)14(9-15)10-29-22-19-23(31-12-30-22)36(13-32-19)24-20(38)18(33-34-27)21(43-24)25(39)40/h1-2,9,12-13,18,20-21,24,38H,3-8,10-11H2,(H,28,37)(H,39,40)(H,29,30,31)/t18-,20+,21-,24+/m0/s1. The molecule has 4 N–H and O–H groups in total.